The Bertz CT molecular complexity index is 1160. The molecule has 0 aliphatic rings. The van der Waals surface area contributed by atoms with Gasteiger partial charge in [-0.3, -0.25) is 9.10 Å². The molecular weight excluding hydrogens is 408 g/mol. The maximum atomic E-state index is 13.4. The highest BCUT2D eigenvalue weighted by molar-refractivity contribution is 7.92. The molecule has 0 aromatic heterocycles. The number of anilines is 1. The summed E-state index contributed by atoms with van der Waals surface area (Å²) in [6, 6.07) is 21.1. The summed E-state index contributed by atoms with van der Waals surface area (Å²) in [4.78, 5) is 13.1. The van der Waals surface area contributed by atoms with E-state index in [-0.39, 0.29) is 23.4 Å². The number of carbonyl (C=O) groups excluding carboxylic acids is 1. The average Bonchev–Trinajstić information content (AvgIpc) is 2.72. The molecule has 0 saturated heterocycles. The van der Waals surface area contributed by atoms with E-state index in [9.17, 15) is 13.2 Å². The smallest absolute Gasteiger partial charge is 0.264 e. The number of hydrogen-bond donors (Lipinski definition) is 1. The molecule has 1 amide bonds. The minimum atomic E-state index is -3.91. The van der Waals surface area contributed by atoms with Crippen LogP contribution in [0, 0.1) is 20.8 Å². The van der Waals surface area contributed by atoms with Crippen molar-refractivity contribution >= 4 is 21.6 Å². The second-order valence-corrected chi connectivity index (χ2v) is 9.67. The van der Waals surface area contributed by atoms with Crippen LogP contribution in [-0.2, 0) is 14.8 Å². The summed E-state index contributed by atoms with van der Waals surface area (Å²) < 4.78 is 27.9. The summed E-state index contributed by atoms with van der Waals surface area (Å²) in [6.07, 6.45) is 0. The lowest BCUT2D eigenvalue weighted by Gasteiger charge is -2.25. The van der Waals surface area contributed by atoms with E-state index in [4.69, 9.17) is 0 Å². The van der Waals surface area contributed by atoms with Gasteiger partial charge in [0.05, 0.1) is 16.6 Å². The molecule has 6 heteroatoms. The Morgan fingerprint density at radius 2 is 1.52 bits per heavy atom. The molecule has 0 radical (unpaired) electrons. The third-order valence-corrected chi connectivity index (χ3v) is 7.00. The molecule has 3 aromatic rings. The molecule has 31 heavy (non-hydrogen) atoms. The molecule has 0 aliphatic carbocycles. The summed E-state index contributed by atoms with van der Waals surface area (Å²) >= 11 is 0. The lowest BCUT2D eigenvalue weighted by Crippen LogP contribution is -2.41. The Kier molecular flexibility index (Phi) is 6.81. The first kappa shape index (κ1) is 22.6. The largest absolute Gasteiger partial charge is 0.348 e. The van der Waals surface area contributed by atoms with Gasteiger partial charge in [-0.2, -0.15) is 0 Å². The number of nitrogens with one attached hydrogen (secondary N) is 1. The van der Waals surface area contributed by atoms with E-state index in [0.29, 0.717) is 5.69 Å². The van der Waals surface area contributed by atoms with E-state index in [1.807, 2.05) is 45.9 Å². The first-order valence-corrected chi connectivity index (χ1v) is 11.6. The number of carbonyl (C=O) groups is 1. The van der Waals surface area contributed by atoms with Gasteiger partial charge in [0.1, 0.15) is 6.54 Å². The second-order valence-electron chi connectivity index (χ2n) is 7.81. The topological polar surface area (TPSA) is 66.5 Å². The Balaban J connectivity index is 1.87. The molecule has 0 fully saturated rings. The van der Waals surface area contributed by atoms with Crippen LogP contribution in [0.4, 0.5) is 5.69 Å². The summed E-state index contributed by atoms with van der Waals surface area (Å²) in [7, 11) is -3.91. The molecular formula is C25H28N2O3S. The van der Waals surface area contributed by atoms with Crippen LogP contribution in [0.15, 0.2) is 77.7 Å². The normalized spacial score (nSPS) is 12.3. The molecule has 1 atom stereocenters. The predicted octanol–water partition coefficient (Wildman–Crippen LogP) is 4.68. The molecule has 0 bridgehead atoms. The van der Waals surface area contributed by atoms with Crippen molar-refractivity contribution in [2.24, 2.45) is 0 Å². The van der Waals surface area contributed by atoms with E-state index in [2.05, 4.69) is 11.4 Å². The van der Waals surface area contributed by atoms with Crippen LogP contribution < -0.4 is 9.62 Å². The van der Waals surface area contributed by atoms with Crippen molar-refractivity contribution in [1.82, 2.24) is 5.32 Å². The summed E-state index contributed by atoms with van der Waals surface area (Å²) in [6.45, 7) is 7.51. The summed E-state index contributed by atoms with van der Waals surface area (Å²) in [5, 5.41) is 2.94. The summed E-state index contributed by atoms with van der Waals surface area (Å²) in [5.74, 6) is -0.369. The van der Waals surface area contributed by atoms with E-state index in [1.165, 1.54) is 0 Å². The molecule has 0 heterocycles. The van der Waals surface area contributed by atoms with Crippen molar-refractivity contribution in [3.8, 4) is 0 Å². The van der Waals surface area contributed by atoms with Crippen LogP contribution in [0.1, 0.15) is 35.2 Å². The van der Waals surface area contributed by atoms with Gasteiger partial charge in [-0.1, -0.05) is 59.7 Å². The third kappa shape index (κ3) is 5.33. The van der Waals surface area contributed by atoms with Gasteiger partial charge in [0.15, 0.2) is 0 Å². The van der Waals surface area contributed by atoms with Gasteiger partial charge < -0.3 is 5.32 Å². The molecule has 0 saturated carbocycles. The minimum Gasteiger partial charge on any atom is -0.348 e. The number of aryl methyl sites for hydroxylation is 3. The number of sulfonamides is 1. The lowest BCUT2D eigenvalue weighted by atomic mass is 10.0. The number of para-hydroxylation sites is 1. The number of hydrogen-bond acceptors (Lipinski definition) is 3. The van der Waals surface area contributed by atoms with Crippen LogP contribution >= 0.6 is 0 Å². The van der Waals surface area contributed by atoms with Gasteiger partial charge in [-0.15, -0.1) is 0 Å². The van der Waals surface area contributed by atoms with Gasteiger partial charge in [0.25, 0.3) is 10.0 Å². The average molecular weight is 437 g/mol. The SMILES string of the molecule is Cc1ccc(S(=O)(=O)N(CC(=O)N[C@@H](C)c2ccc(C)cc2C)c2ccccc2)cc1. The zero-order valence-corrected chi connectivity index (χ0v) is 19.1. The second kappa shape index (κ2) is 9.35. The van der Waals surface area contributed by atoms with Crippen molar-refractivity contribution < 1.29 is 13.2 Å². The highest BCUT2D eigenvalue weighted by atomic mass is 32.2. The first-order chi connectivity index (χ1) is 14.7. The van der Waals surface area contributed by atoms with Crippen LogP contribution in [0.2, 0.25) is 0 Å². The Morgan fingerprint density at radius 3 is 2.13 bits per heavy atom. The highest BCUT2D eigenvalue weighted by Gasteiger charge is 2.27. The van der Waals surface area contributed by atoms with Crippen LogP contribution in [0.25, 0.3) is 0 Å². The molecule has 0 aliphatic heterocycles. The Morgan fingerprint density at radius 1 is 0.903 bits per heavy atom. The Labute approximate surface area is 184 Å². The van der Waals surface area contributed by atoms with Gasteiger partial charge in [0, 0.05) is 0 Å². The van der Waals surface area contributed by atoms with Crippen molar-refractivity contribution in [3.05, 3.63) is 95.1 Å². The van der Waals surface area contributed by atoms with Gasteiger partial charge >= 0.3 is 0 Å². The maximum Gasteiger partial charge on any atom is 0.264 e. The number of rotatable bonds is 7. The molecule has 0 spiro atoms. The molecule has 3 rings (SSSR count). The first-order valence-electron chi connectivity index (χ1n) is 10.2. The van der Waals surface area contributed by atoms with Crippen LogP contribution in [-0.4, -0.2) is 20.9 Å². The monoisotopic (exact) mass is 436 g/mol. The fraction of sp³-hybridized carbons (Fsp3) is 0.240. The highest BCUT2D eigenvalue weighted by Crippen LogP contribution is 2.24. The molecule has 1 N–H and O–H groups in total. The van der Waals surface area contributed by atoms with Crippen molar-refractivity contribution in [2.45, 2.75) is 38.6 Å². The van der Waals surface area contributed by atoms with E-state index < -0.39 is 10.0 Å². The van der Waals surface area contributed by atoms with E-state index in [0.717, 1.165) is 26.6 Å². The van der Waals surface area contributed by atoms with E-state index >= 15 is 0 Å². The van der Waals surface area contributed by atoms with Crippen LogP contribution in [0.3, 0.4) is 0 Å². The quantitative estimate of drug-likeness (QED) is 0.585. The lowest BCUT2D eigenvalue weighted by molar-refractivity contribution is -0.120. The van der Waals surface area contributed by atoms with Gasteiger partial charge in [-0.25, -0.2) is 8.42 Å². The number of benzene rings is 3. The van der Waals surface area contributed by atoms with Crippen molar-refractivity contribution in [3.63, 3.8) is 0 Å². The fourth-order valence-corrected chi connectivity index (χ4v) is 4.97. The minimum absolute atomic E-state index is 0.150. The van der Waals surface area contributed by atoms with Gasteiger partial charge in [0.2, 0.25) is 5.91 Å². The molecule has 0 unspecified atom stereocenters. The third-order valence-electron chi connectivity index (χ3n) is 5.21. The van der Waals surface area contributed by atoms with Crippen molar-refractivity contribution in [1.29, 1.82) is 0 Å². The number of nitrogens with zero attached hydrogens (tertiary/aromatic N) is 1. The van der Waals surface area contributed by atoms with Gasteiger partial charge in [-0.05, 0) is 63.1 Å². The zero-order chi connectivity index (χ0) is 22.6. The van der Waals surface area contributed by atoms with E-state index in [1.54, 1.807) is 48.5 Å². The zero-order valence-electron chi connectivity index (χ0n) is 18.3. The van der Waals surface area contributed by atoms with Crippen molar-refractivity contribution in [2.75, 3.05) is 10.8 Å². The molecule has 5 nitrogen and oxygen atoms in total. The Hall–Kier alpha value is -3.12. The summed E-state index contributed by atoms with van der Waals surface area (Å²) in [5.41, 5.74) is 4.65. The predicted molar refractivity (Wildman–Crippen MR) is 125 cm³/mol. The maximum absolute atomic E-state index is 13.4. The molecule has 3 aromatic carbocycles. The molecule has 162 valence electrons. The van der Waals surface area contributed by atoms with Crippen LogP contribution in [0.5, 0.6) is 0 Å². The standard InChI is InChI=1S/C25H28N2O3S/c1-18-10-13-23(14-11-18)31(29,30)27(22-8-6-5-7-9-22)17-25(28)26-21(4)24-15-12-19(2)16-20(24)3/h5-16,21H,17H2,1-4H3,(H,26,28)/t21-/m0/s1. The number of amides is 1. The fourth-order valence-electron chi connectivity index (χ4n) is 3.55.